The van der Waals surface area contributed by atoms with Gasteiger partial charge in [-0.15, -0.1) is 11.3 Å². The van der Waals surface area contributed by atoms with Crippen molar-refractivity contribution in [3.63, 3.8) is 0 Å². The van der Waals surface area contributed by atoms with Crippen LogP contribution in [0.4, 0.5) is 0 Å². The molecule has 1 aromatic heterocycles. The van der Waals surface area contributed by atoms with Crippen molar-refractivity contribution in [2.75, 3.05) is 27.3 Å². The van der Waals surface area contributed by atoms with Gasteiger partial charge in [-0.2, -0.15) is 0 Å². The third-order valence-electron chi connectivity index (χ3n) is 2.05. The van der Waals surface area contributed by atoms with Crippen LogP contribution in [0.5, 0.6) is 0 Å². The van der Waals surface area contributed by atoms with Crippen molar-refractivity contribution < 1.29 is 19.7 Å². The molecule has 0 saturated carbocycles. The minimum atomic E-state index is -1.01. The number of aliphatic hydroxyl groups excluding tert-OH is 1. The average molecular weight is 260 g/mol. The maximum absolute atomic E-state index is 10.6. The van der Waals surface area contributed by atoms with Crippen LogP contribution in [0.2, 0.25) is 0 Å². The van der Waals surface area contributed by atoms with E-state index in [-0.39, 0.29) is 11.6 Å². The molecule has 1 heterocycles. The van der Waals surface area contributed by atoms with Gasteiger partial charge in [-0.05, 0) is 7.05 Å². The third kappa shape index (κ3) is 4.78. The van der Waals surface area contributed by atoms with Crippen molar-refractivity contribution >= 4 is 17.3 Å². The minimum absolute atomic E-state index is 0.0887. The van der Waals surface area contributed by atoms with Gasteiger partial charge in [0.15, 0.2) is 0 Å². The SMILES string of the molecule is COCC(O)CN(C)Cc1csc(C(=O)O)n1. The Balaban J connectivity index is 2.44. The van der Waals surface area contributed by atoms with E-state index >= 15 is 0 Å². The molecule has 0 aromatic carbocycles. The van der Waals surface area contributed by atoms with Gasteiger partial charge >= 0.3 is 5.97 Å². The number of aromatic nitrogens is 1. The van der Waals surface area contributed by atoms with Gasteiger partial charge in [0, 0.05) is 25.6 Å². The van der Waals surface area contributed by atoms with Crippen molar-refractivity contribution in [3.05, 3.63) is 16.1 Å². The molecule has 17 heavy (non-hydrogen) atoms. The third-order valence-corrected chi connectivity index (χ3v) is 2.93. The molecule has 0 fully saturated rings. The van der Waals surface area contributed by atoms with Crippen LogP contribution in [0, 0.1) is 0 Å². The van der Waals surface area contributed by atoms with Gasteiger partial charge in [0.1, 0.15) is 0 Å². The van der Waals surface area contributed by atoms with Gasteiger partial charge in [0.25, 0.3) is 0 Å². The second-order valence-electron chi connectivity index (χ2n) is 3.76. The normalized spacial score (nSPS) is 12.9. The second-order valence-corrected chi connectivity index (χ2v) is 4.61. The molecule has 1 unspecified atom stereocenters. The van der Waals surface area contributed by atoms with E-state index in [9.17, 15) is 9.90 Å². The molecule has 1 atom stereocenters. The predicted molar refractivity (Wildman–Crippen MR) is 63.3 cm³/mol. The summed E-state index contributed by atoms with van der Waals surface area (Å²) in [7, 11) is 3.36. The smallest absolute Gasteiger partial charge is 0.365 e. The number of aromatic carboxylic acids is 1. The summed E-state index contributed by atoms with van der Waals surface area (Å²) < 4.78 is 4.82. The van der Waals surface area contributed by atoms with E-state index in [1.54, 1.807) is 5.38 Å². The molecule has 6 nitrogen and oxygen atoms in total. The molecule has 0 bridgehead atoms. The Morgan fingerprint density at radius 3 is 2.94 bits per heavy atom. The number of hydrogen-bond donors (Lipinski definition) is 2. The fraction of sp³-hybridized carbons (Fsp3) is 0.600. The summed E-state index contributed by atoms with van der Waals surface area (Å²) in [5.74, 6) is -1.01. The topological polar surface area (TPSA) is 82.9 Å². The van der Waals surface area contributed by atoms with Gasteiger partial charge < -0.3 is 14.9 Å². The van der Waals surface area contributed by atoms with E-state index in [1.165, 1.54) is 7.11 Å². The summed E-state index contributed by atoms with van der Waals surface area (Å²) in [6.45, 7) is 1.24. The molecular weight excluding hydrogens is 244 g/mol. The zero-order valence-electron chi connectivity index (χ0n) is 9.79. The molecule has 0 aliphatic carbocycles. The monoisotopic (exact) mass is 260 g/mol. The van der Waals surface area contributed by atoms with Crippen LogP contribution >= 0.6 is 11.3 Å². The Morgan fingerprint density at radius 1 is 1.71 bits per heavy atom. The van der Waals surface area contributed by atoms with Gasteiger partial charge in [-0.1, -0.05) is 0 Å². The first kappa shape index (κ1) is 14.0. The summed E-state index contributed by atoms with van der Waals surface area (Å²) in [5.41, 5.74) is 0.694. The van der Waals surface area contributed by atoms with E-state index in [4.69, 9.17) is 9.84 Å². The van der Waals surface area contributed by atoms with Crippen LogP contribution in [-0.4, -0.2) is 59.5 Å². The molecule has 0 spiro atoms. The van der Waals surface area contributed by atoms with E-state index < -0.39 is 12.1 Å². The van der Waals surface area contributed by atoms with Crippen molar-refractivity contribution in [1.82, 2.24) is 9.88 Å². The Morgan fingerprint density at radius 2 is 2.41 bits per heavy atom. The standard InChI is InChI=1S/C10H16N2O4S/c1-12(4-8(13)5-16-2)3-7-6-17-9(11-7)10(14)15/h6,8,13H,3-5H2,1-2H3,(H,14,15). The van der Waals surface area contributed by atoms with Crippen LogP contribution in [0.1, 0.15) is 15.5 Å². The first-order valence-electron chi connectivity index (χ1n) is 5.06. The highest BCUT2D eigenvalue weighted by atomic mass is 32.1. The van der Waals surface area contributed by atoms with Crippen molar-refractivity contribution in [1.29, 1.82) is 0 Å². The van der Waals surface area contributed by atoms with Gasteiger partial charge in [0.05, 0.1) is 18.4 Å². The molecular formula is C10H16N2O4S. The minimum Gasteiger partial charge on any atom is -0.476 e. The molecule has 1 aromatic rings. The van der Waals surface area contributed by atoms with Crippen LogP contribution < -0.4 is 0 Å². The van der Waals surface area contributed by atoms with Crippen LogP contribution in [0.3, 0.4) is 0 Å². The Hall–Kier alpha value is -1.02. The molecule has 0 amide bonds. The highest BCUT2D eigenvalue weighted by molar-refractivity contribution is 7.11. The highest BCUT2D eigenvalue weighted by Gasteiger charge is 2.12. The fourth-order valence-corrected chi connectivity index (χ4v) is 2.07. The Bertz CT molecular complexity index is 369. The number of carbonyl (C=O) groups is 1. The zero-order chi connectivity index (χ0) is 12.8. The first-order valence-corrected chi connectivity index (χ1v) is 5.94. The highest BCUT2D eigenvalue weighted by Crippen LogP contribution is 2.11. The van der Waals surface area contributed by atoms with E-state index in [0.29, 0.717) is 18.8 Å². The lowest BCUT2D eigenvalue weighted by molar-refractivity contribution is 0.0416. The van der Waals surface area contributed by atoms with E-state index in [0.717, 1.165) is 11.3 Å². The number of thiazole rings is 1. The summed E-state index contributed by atoms with van der Waals surface area (Å²) in [6, 6.07) is 0. The lowest BCUT2D eigenvalue weighted by Gasteiger charge is -2.18. The summed E-state index contributed by atoms with van der Waals surface area (Å²) >= 11 is 1.10. The first-order chi connectivity index (χ1) is 8.02. The van der Waals surface area contributed by atoms with Crippen LogP contribution in [0.15, 0.2) is 5.38 Å². The Kier molecular flexibility index (Phi) is 5.49. The molecule has 0 aliphatic rings. The molecule has 0 radical (unpaired) electrons. The summed E-state index contributed by atoms with van der Waals surface area (Å²) in [5, 5.41) is 20.0. The van der Waals surface area contributed by atoms with Crippen molar-refractivity contribution in [2.24, 2.45) is 0 Å². The molecule has 0 saturated heterocycles. The largest absolute Gasteiger partial charge is 0.476 e. The maximum Gasteiger partial charge on any atom is 0.365 e. The van der Waals surface area contributed by atoms with Gasteiger partial charge in [-0.25, -0.2) is 9.78 Å². The van der Waals surface area contributed by atoms with Gasteiger partial charge in [0.2, 0.25) is 5.01 Å². The van der Waals surface area contributed by atoms with E-state index in [1.807, 2.05) is 11.9 Å². The summed E-state index contributed by atoms with van der Waals surface area (Å²) in [4.78, 5) is 16.5. The maximum atomic E-state index is 10.6. The summed E-state index contributed by atoms with van der Waals surface area (Å²) in [6.07, 6.45) is -0.553. The number of likely N-dealkylation sites (N-methyl/N-ethyl adjacent to an activating group) is 1. The molecule has 1 rings (SSSR count). The van der Waals surface area contributed by atoms with Crippen molar-refractivity contribution in [2.45, 2.75) is 12.6 Å². The lowest BCUT2D eigenvalue weighted by atomic mass is 10.3. The van der Waals surface area contributed by atoms with Gasteiger partial charge in [-0.3, -0.25) is 4.90 Å². The van der Waals surface area contributed by atoms with Crippen molar-refractivity contribution in [3.8, 4) is 0 Å². The number of aliphatic hydroxyl groups is 1. The fourth-order valence-electron chi connectivity index (χ4n) is 1.42. The molecule has 7 heteroatoms. The Labute approximate surface area is 103 Å². The lowest BCUT2D eigenvalue weighted by Crippen LogP contribution is -2.31. The number of hydrogen-bond acceptors (Lipinski definition) is 6. The quantitative estimate of drug-likeness (QED) is 0.732. The number of methoxy groups -OCH3 is 1. The molecule has 2 N–H and O–H groups in total. The molecule has 0 aliphatic heterocycles. The number of ether oxygens (including phenoxy) is 1. The average Bonchev–Trinajstić information content (AvgIpc) is 2.66. The number of carboxylic acid groups (broad SMARTS) is 1. The number of rotatable bonds is 7. The predicted octanol–water partition coefficient (Wildman–Crippen LogP) is 0.280. The van der Waals surface area contributed by atoms with E-state index in [2.05, 4.69) is 4.98 Å². The van der Waals surface area contributed by atoms with Crippen LogP contribution in [0.25, 0.3) is 0 Å². The van der Waals surface area contributed by atoms with Crippen LogP contribution in [-0.2, 0) is 11.3 Å². The zero-order valence-corrected chi connectivity index (χ0v) is 10.6. The molecule has 96 valence electrons. The second kappa shape index (κ2) is 6.65. The number of nitrogens with zero attached hydrogens (tertiary/aromatic N) is 2. The number of carboxylic acids is 1.